The average molecular weight is 398 g/mol. The maximum Gasteiger partial charge on any atom is 0.165 e. The summed E-state index contributed by atoms with van der Waals surface area (Å²) in [5, 5.41) is 11.7. The number of hydrogen-bond acceptors (Lipinski definition) is 6. The van der Waals surface area contributed by atoms with Crippen molar-refractivity contribution < 1.29 is 4.74 Å². The summed E-state index contributed by atoms with van der Waals surface area (Å²) in [5.41, 5.74) is 9.43. The van der Waals surface area contributed by atoms with Gasteiger partial charge in [0.15, 0.2) is 11.5 Å². The Hall–Kier alpha value is -2.90. The van der Waals surface area contributed by atoms with Crippen LogP contribution >= 0.6 is 22.9 Å². The smallest absolute Gasteiger partial charge is 0.165 e. The van der Waals surface area contributed by atoms with Gasteiger partial charge in [-0.05, 0) is 49.4 Å². The molecule has 2 heterocycles. The molecule has 0 bridgehead atoms. The van der Waals surface area contributed by atoms with Gasteiger partial charge >= 0.3 is 0 Å². The zero-order valence-corrected chi connectivity index (χ0v) is 16.0. The largest absolute Gasteiger partial charge is 0.494 e. The van der Waals surface area contributed by atoms with Crippen LogP contribution in [0, 0.1) is 0 Å². The molecule has 0 aliphatic carbocycles. The summed E-state index contributed by atoms with van der Waals surface area (Å²) in [6.45, 7) is 2.60. The molecule has 0 unspecified atom stereocenters. The Morgan fingerprint density at radius 1 is 1.19 bits per heavy atom. The normalized spacial score (nSPS) is 10.9. The van der Waals surface area contributed by atoms with Crippen LogP contribution in [0.1, 0.15) is 6.92 Å². The predicted molar refractivity (Wildman–Crippen MR) is 108 cm³/mol. The lowest BCUT2D eigenvalue weighted by atomic mass is 10.2. The highest BCUT2D eigenvalue weighted by molar-refractivity contribution is 7.13. The molecule has 8 heteroatoms. The van der Waals surface area contributed by atoms with Crippen LogP contribution in [0.3, 0.4) is 0 Å². The van der Waals surface area contributed by atoms with Gasteiger partial charge in [-0.3, -0.25) is 0 Å². The number of hydrogen-bond donors (Lipinski definition) is 1. The summed E-state index contributed by atoms with van der Waals surface area (Å²) in [7, 11) is 0. The summed E-state index contributed by atoms with van der Waals surface area (Å²) in [5.74, 6) is 1.26. The van der Waals surface area contributed by atoms with Gasteiger partial charge in [0.05, 0.1) is 18.0 Å². The number of benzene rings is 2. The number of aromatic nitrogens is 4. The molecule has 4 rings (SSSR count). The van der Waals surface area contributed by atoms with Gasteiger partial charge in [-0.2, -0.15) is 4.68 Å². The van der Waals surface area contributed by atoms with Gasteiger partial charge in [-0.25, -0.2) is 4.98 Å². The van der Waals surface area contributed by atoms with Gasteiger partial charge in [0.2, 0.25) is 0 Å². The number of thiazole rings is 1. The second-order valence-corrected chi connectivity index (χ2v) is 7.00. The van der Waals surface area contributed by atoms with Crippen LogP contribution < -0.4 is 10.5 Å². The number of nitrogens with two attached hydrogens (primary N) is 1. The molecule has 6 nitrogen and oxygen atoms in total. The van der Waals surface area contributed by atoms with Gasteiger partial charge in [-0.1, -0.05) is 22.9 Å². The molecule has 0 amide bonds. The minimum atomic E-state index is 0.421. The van der Waals surface area contributed by atoms with E-state index in [1.807, 2.05) is 48.7 Å². The molecule has 2 N–H and O–H groups in total. The van der Waals surface area contributed by atoms with E-state index in [0.717, 1.165) is 22.7 Å². The summed E-state index contributed by atoms with van der Waals surface area (Å²) < 4.78 is 7.03. The van der Waals surface area contributed by atoms with Crippen LogP contribution in [0.25, 0.3) is 27.6 Å². The molecule has 2 aromatic heterocycles. The third-order valence-corrected chi connectivity index (χ3v) is 5.01. The van der Waals surface area contributed by atoms with Crippen molar-refractivity contribution in [1.29, 1.82) is 0 Å². The third kappa shape index (κ3) is 3.51. The van der Waals surface area contributed by atoms with E-state index >= 15 is 0 Å². The number of ether oxygens (including phenoxy) is 1. The van der Waals surface area contributed by atoms with Crippen LogP contribution in [0.4, 0.5) is 5.82 Å². The molecular weight excluding hydrogens is 382 g/mol. The van der Waals surface area contributed by atoms with Crippen LogP contribution in [-0.2, 0) is 0 Å². The SMILES string of the molecule is CCOc1ccc(-c2csc(-c3nnn(-c4cccc(Cl)c4)c3N)n2)cc1. The minimum Gasteiger partial charge on any atom is -0.494 e. The molecule has 0 fully saturated rings. The van der Waals surface area contributed by atoms with E-state index < -0.39 is 0 Å². The fraction of sp³-hybridized carbons (Fsp3) is 0.105. The first-order valence-electron chi connectivity index (χ1n) is 8.32. The van der Waals surface area contributed by atoms with Crippen LogP contribution in [0.5, 0.6) is 5.75 Å². The van der Waals surface area contributed by atoms with E-state index in [1.54, 1.807) is 16.8 Å². The maximum absolute atomic E-state index is 6.26. The number of halogens is 1. The van der Waals surface area contributed by atoms with Gasteiger partial charge in [-0.15, -0.1) is 16.4 Å². The van der Waals surface area contributed by atoms with Crippen molar-refractivity contribution in [1.82, 2.24) is 20.0 Å². The van der Waals surface area contributed by atoms with E-state index in [9.17, 15) is 0 Å². The summed E-state index contributed by atoms with van der Waals surface area (Å²) >= 11 is 7.52. The Balaban J connectivity index is 1.64. The molecular formula is C19H16ClN5OS. The van der Waals surface area contributed by atoms with E-state index in [1.165, 1.54) is 11.3 Å². The molecule has 0 spiro atoms. The zero-order chi connectivity index (χ0) is 18.8. The van der Waals surface area contributed by atoms with Gasteiger partial charge in [0.1, 0.15) is 10.8 Å². The van der Waals surface area contributed by atoms with Crippen molar-refractivity contribution in [2.24, 2.45) is 0 Å². The van der Waals surface area contributed by atoms with Crippen molar-refractivity contribution in [2.45, 2.75) is 6.92 Å². The second-order valence-electron chi connectivity index (χ2n) is 5.71. The Morgan fingerprint density at radius 3 is 2.74 bits per heavy atom. The first-order valence-corrected chi connectivity index (χ1v) is 9.57. The van der Waals surface area contributed by atoms with Crippen LogP contribution in [-0.4, -0.2) is 26.6 Å². The van der Waals surface area contributed by atoms with E-state index in [-0.39, 0.29) is 0 Å². The highest BCUT2D eigenvalue weighted by atomic mass is 35.5. The second kappa shape index (κ2) is 7.38. The van der Waals surface area contributed by atoms with Gasteiger partial charge in [0, 0.05) is 16.0 Å². The number of rotatable bonds is 5. The highest BCUT2D eigenvalue weighted by Crippen LogP contribution is 2.32. The molecule has 0 saturated heterocycles. The number of nitrogens with zero attached hydrogens (tertiary/aromatic N) is 4. The first kappa shape index (κ1) is 17.5. The lowest BCUT2D eigenvalue weighted by molar-refractivity contribution is 0.340. The Kier molecular flexibility index (Phi) is 4.79. The number of nitrogen functional groups attached to an aromatic ring is 1. The third-order valence-electron chi connectivity index (χ3n) is 3.93. The topological polar surface area (TPSA) is 78.9 Å². The van der Waals surface area contributed by atoms with Crippen molar-refractivity contribution in [3.05, 3.63) is 58.9 Å². The molecule has 4 aromatic rings. The maximum atomic E-state index is 6.26. The molecule has 27 heavy (non-hydrogen) atoms. The van der Waals surface area contributed by atoms with Gasteiger partial charge in [0.25, 0.3) is 0 Å². The Bertz CT molecular complexity index is 1070. The van der Waals surface area contributed by atoms with Crippen LogP contribution in [0.2, 0.25) is 5.02 Å². The predicted octanol–water partition coefficient (Wildman–Crippen LogP) is 4.69. The lowest BCUT2D eigenvalue weighted by Gasteiger charge is -2.03. The minimum absolute atomic E-state index is 0.421. The van der Waals surface area contributed by atoms with Gasteiger partial charge < -0.3 is 10.5 Å². The average Bonchev–Trinajstić information content (AvgIpc) is 3.29. The Labute approximate surface area is 165 Å². The quantitative estimate of drug-likeness (QED) is 0.528. The fourth-order valence-corrected chi connectivity index (χ4v) is 3.65. The van der Waals surface area contributed by atoms with E-state index in [4.69, 9.17) is 22.1 Å². The molecule has 2 aromatic carbocycles. The van der Waals surface area contributed by atoms with Crippen molar-refractivity contribution in [2.75, 3.05) is 12.3 Å². The molecule has 0 saturated carbocycles. The summed E-state index contributed by atoms with van der Waals surface area (Å²) in [6, 6.07) is 15.1. The van der Waals surface area contributed by atoms with E-state index in [0.29, 0.717) is 28.1 Å². The van der Waals surface area contributed by atoms with Crippen molar-refractivity contribution in [3.63, 3.8) is 0 Å². The molecule has 0 aliphatic rings. The monoisotopic (exact) mass is 397 g/mol. The highest BCUT2D eigenvalue weighted by Gasteiger charge is 2.17. The molecule has 136 valence electrons. The fourth-order valence-electron chi connectivity index (χ4n) is 2.64. The zero-order valence-electron chi connectivity index (χ0n) is 14.5. The van der Waals surface area contributed by atoms with Crippen LogP contribution in [0.15, 0.2) is 53.9 Å². The summed E-state index contributed by atoms with van der Waals surface area (Å²) in [4.78, 5) is 4.67. The first-order chi connectivity index (χ1) is 13.2. The van der Waals surface area contributed by atoms with E-state index in [2.05, 4.69) is 15.3 Å². The standard InChI is InChI=1S/C19H16ClN5OS/c1-2-26-15-8-6-12(7-9-15)16-11-27-19(22-16)17-18(21)25(24-23-17)14-5-3-4-13(20)10-14/h3-11H,2,21H2,1H3. The molecule has 0 atom stereocenters. The number of anilines is 1. The Morgan fingerprint density at radius 2 is 2.00 bits per heavy atom. The molecule has 0 aliphatic heterocycles. The summed E-state index contributed by atoms with van der Waals surface area (Å²) in [6.07, 6.45) is 0. The van der Waals surface area contributed by atoms with Crippen molar-refractivity contribution >= 4 is 28.8 Å². The molecule has 0 radical (unpaired) electrons. The lowest BCUT2D eigenvalue weighted by Crippen LogP contribution is -2.02. The van der Waals surface area contributed by atoms with Crippen molar-refractivity contribution in [3.8, 4) is 33.4 Å².